The third kappa shape index (κ3) is 5.64. The number of nitrogens with one attached hydrogen (secondary N) is 1. The van der Waals surface area contributed by atoms with E-state index in [1.807, 2.05) is 30.3 Å². The summed E-state index contributed by atoms with van der Waals surface area (Å²) in [6.45, 7) is 0.426. The maximum Gasteiger partial charge on any atom is 0.393 e. The second kappa shape index (κ2) is 9.51. The highest BCUT2D eigenvalue weighted by molar-refractivity contribution is 5.93. The van der Waals surface area contributed by atoms with Crippen molar-refractivity contribution in [3.63, 3.8) is 0 Å². The molecule has 0 spiro atoms. The summed E-state index contributed by atoms with van der Waals surface area (Å²) in [5.74, 6) is -3.58. The van der Waals surface area contributed by atoms with Crippen LogP contribution in [0.5, 0.6) is 0 Å². The van der Waals surface area contributed by atoms with E-state index in [1.165, 1.54) is 19.0 Å². The van der Waals surface area contributed by atoms with Gasteiger partial charge in [0.2, 0.25) is 5.91 Å². The van der Waals surface area contributed by atoms with Gasteiger partial charge in [0.25, 0.3) is 5.91 Å². The number of carbonyl (C=O) groups excluding carboxylic acids is 2. The maximum atomic E-state index is 13.7. The molecule has 2 atom stereocenters. The van der Waals surface area contributed by atoms with Crippen molar-refractivity contribution in [1.29, 1.82) is 0 Å². The van der Waals surface area contributed by atoms with E-state index in [-0.39, 0.29) is 25.5 Å². The molecule has 1 fully saturated rings. The number of hydrogen-bond acceptors (Lipinski definition) is 3. The van der Waals surface area contributed by atoms with Crippen LogP contribution >= 0.6 is 0 Å². The quantitative estimate of drug-likeness (QED) is 0.761. The first-order valence-electron chi connectivity index (χ1n) is 10.1. The summed E-state index contributed by atoms with van der Waals surface area (Å²) in [7, 11) is 3.05. The molecule has 2 aromatic carbocycles. The number of benzene rings is 2. The molecule has 0 aliphatic carbocycles. The van der Waals surface area contributed by atoms with Crippen molar-refractivity contribution in [3.05, 3.63) is 71.3 Å². The van der Waals surface area contributed by atoms with Gasteiger partial charge < -0.3 is 10.2 Å². The molecule has 1 N–H and O–H groups in total. The molecule has 0 bridgehead atoms. The molecule has 0 saturated carbocycles. The Kier molecular flexibility index (Phi) is 7.00. The van der Waals surface area contributed by atoms with Crippen LogP contribution in [0.4, 0.5) is 13.2 Å². The molecule has 2 aromatic rings. The predicted molar refractivity (Wildman–Crippen MR) is 111 cm³/mol. The van der Waals surface area contributed by atoms with Crippen molar-refractivity contribution in [2.45, 2.75) is 19.3 Å². The summed E-state index contributed by atoms with van der Waals surface area (Å²) in [6.07, 6.45) is -4.44. The molecule has 3 rings (SSSR count). The van der Waals surface area contributed by atoms with Gasteiger partial charge in [0.05, 0.1) is 11.8 Å². The van der Waals surface area contributed by atoms with Crippen LogP contribution in [0.15, 0.2) is 54.6 Å². The van der Waals surface area contributed by atoms with E-state index >= 15 is 0 Å². The number of rotatable bonds is 6. The summed E-state index contributed by atoms with van der Waals surface area (Å²) < 4.78 is 41.1. The molecule has 0 radical (unpaired) electrons. The summed E-state index contributed by atoms with van der Waals surface area (Å²) in [5.41, 5.74) is 2.14. The van der Waals surface area contributed by atoms with Gasteiger partial charge in [-0.25, -0.2) is 0 Å². The molecule has 1 aliphatic heterocycles. The fourth-order valence-corrected chi connectivity index (χ4v) is 3.98. The van der Waals surface area contributed by atoms with Gasteiger partial charge in [-0.15, -0.1) is 0 Å². The minimum Gasteiger partial charge on any atom is -0.355 e. The van der Waals surface area contributed by atoms with Crippen LogP contribution in [0.2, 0.25) is 0 Å². The Labute approximate surface area is 179 Å². The molecule has 5 nitrogen and oxygen atoms in total. The fraction of sp³-hybridized carbons (Fsp3) is 0.391. The van der Waals surface area contributed by atoms with Crippen LogP contribution in [0.3, 0.4) is 0 Å². The van der Waals surface area contributed by atoms with Crippen molar-refractivity contribution >= 4 is 11.8 Å². The molecular formula is C23H26F3N3O2. The van der Waals surface area contributed by atoms with E-state index in [0.29, 0.717) is 12.1 Å². The molecule has 0 unspecified atom stereocenters. The first-order valence-corrected chi connectivity index (χ1v) is 10.1. The SMILES string of the molecule is CNC(=O)c1ccc(CN(C)C(=O)[C@H]2CN(Cc3ccccc3)C[C@@H]2C(F)(F)F)cc1. The lowest BCUT2D eigenvalue weighted by molar-refractivity contribution is -0.185. The van der Waals surface area contributed by atoms with Crippen molar-refractivity contribution in [3.8, 4) is 0 Å². The highest BCUT2D eigenvalue weighted by Gasteiger charge is 2.52. The second-order valence-corrected chi connectivity index (χ2v) is 7.90. The first kappa shape index (κ1) is 22.8. The average molecular weight is 433 g/mol. The lowest BCUT2D eigenvalue weighted by Crippen LogP contribution is -2.40. The van der Waals surface area contributed by atoms with Crippen LogP contribution in [-0.4, -0.2) is 55.0 Å². The van der Waals surface area contributed by atoms with Gasteiger partial charge in [0, 0.05) is 45.8 Å². The minimum atomic E-state index is -4.44. The van der Waals surface area contributed by atoms with Crippen molar-refractivity contribution < 1.29 is 22.8 Å². The Morgan fingerprint density at radius 2 is 1.68 bits per heavy atom. The predicted octanol–water partition coefficient (Wildman–Crippen LogP) is 3.32. The number of alkyl halides is 3. The van der Waals surface area contributed by atoms with Crippen molar-refractivity contribution in [2.75, 3.05) is 27.2 Å². The molecule has 166 valence electrons. The standard InChI is InChI=1S/C23H26F3N3O2/c1-27-21(30)18-10-8-17(9-11-18)12-28(2)22(31)19-14-29(15-20(19)23(24,25)26)13-16-6-4-3-5-7-16/h3-11,19-20H,12-15H2,1-2H3,(H,27,30)/t19-,20-/m0/s1. The summed E-state index contributed by atoms with van der Waals surface area (Å²) in [4.78, 5) is 27.6. The van der Waals surface area contributed by atoms with Crippen molar-refractivity contribution in [2.24, 2.45) is 11.8 Å². The molecule has 1 aliphatic rings. The third-order valence-corrected chi connectivity index (χ3v) is 5.62. The Morgan fingerprint density at radius 1 is 1.03 bits per heavy atom. The Morgan fingerprint density at radius 3 is 2.26 bits per heavy atom. The van der Waals surface area contributed by atoms with Gasteiger partial charge in [-0.2, -0.15) is 13.2 Å². The third-order valence-electron chi connectivity index (χ3n) is 5.62. The van der Waals surface area contributed by atoms with E-state index in [2.05, 4.69) is 5.32 Å². The van der Waals surface area contributed by atoms with Gasteiger partial charge in [-0.3, -0.25) is 14.5 Å². The zero-order valence-electron chi connectivity index (χ0n) is 17.5. The van der Waals surface area contributed by atoms with Gasteiger partial charge >= 0.3 is 6.18 Å². The minimum absolute atomic E-state index is 0.0673. The number of nitrogens with zero attached hydrogens (tertiary/aromatic N) is 2. The Bertz CT molecular complexity index is 901. The largest absolute Gasteiger partial charge is 0.393 e. The number of halogens is 3. The Hall–Kier alpha value is -2.87. The van der Waals surface area contributed by atoms with Gasteiger partial charge in [0.15, 0.2) is 0 Å². The molecule has 31 heavy (non-hydrogen) atoms. The van der Waals surface area contributed by atoms with Crippen LogP contribution in [0.1, 0.15) is 21.5 Å². The van der Waals surface area contributed by atoms with Gasteiger partial charge in [-0.1, -0.05) is 42.5 Å². The second-order valence-electron chi connectivity index (χ2n) is 7.90. The number of hydrogen-bond donors (Lipinski definition) is 1. The van der Waals surface area contributed by atoms with E-state index in [9.17, 15) is 22.8 Å². The highest BCUT2D eigenvalue weighted by Crippen LogP contribution is 2.39. The van der Waals surface area contributed by atoms with Gasteiger partial charge in [0.1, 0.15) is 0 Å². The zero-order chi connectivity index (χ0) is 22.6. The summed E-state index contributed by atoms with van der Waals surface area (Å²) in [5, 5.41) is 2.52. The normalized spacial score (nSPS) is 19.3. The maximum absolute atomic E-state index is 13.7. The number of likely N-dealkylation sites (tertiary alicyclic amines) is 1. The van der Waals surface area contributed by atoms with E-state index in [4.69, 9.17) is 0 Å². The van der Waals surface area contributed by atoms with E-state index < -0.39 is 23.9 Å². The van der Waals surface area contributed by atoms with Crippen LogP contribution < -0.4 is 5.32 Å². The topological polar surface area (TPSA) is 52.7 Å². The fourth-order valence-electron chi connectivity index (χ4n) is 3.98. The Balaban J connectivity index is 1.69. The van der Waals surface area contributed by atoms with Crippen molar-refractivity contribution in [1.82, 2.24) is 15.1 Å². The van der Waals surface area contributed by atoms with E-state index in [1.54, 1.807) is 29.2 Å². The highest BCUT2D eigenvalue weighted by atomic mass is 19.4. The number of carbonyl (C=O) groups is 2. The number of amides is 2. The molecular weight excluding hydrogens is 407 g/mol. The monoisotopic (exact) mass is 433 g/mol. The van der Waals surface area contributed by atoms with E-state index in [0.717, 1.165) is 11.1 Å². The summed E-state index contributed by atoms with van der Waals surface area (Å²) in [6, 6.07) is 15.9. The van der Waals surface area contributed by atoms with Crippen LogP contribution in [-0.2, 0) is 17.9 Å². The zero-order valence-corrected chi connectivity index (χ0v) is 17.5. The van der Waals surface area contributed by atoms with Crippen LogP contribution in [0.25, 0.3) is 0 Å². The molecule has 8 heteroatoms. The lowest BCUT2D eigenvalue weighted by atomic mass is 9.94. The summed E-state index contributed by atoms with van der Waals surface area (Å²) >= 11 is 0. The van der Waals surface area contributed by atoms with Crippen LogP contribution in [0, 0.1) is 11.8 Å². The smallest absolute Gasteiger partial charge is 0.355 e. The molecule has 1 saturated heterocycles. The van der Waals surface area contributed by atoms with Gasteiger partial charge in [-0.05, 0) is 23.3 Å². The molecule has 2 amide bonds. The lowest BCUT2D eigenvalue weighted by Gasteiger charge is -2.26. The first-order chi connectivity index (χ1) is 14.7. The molecule has 1 heterocycles. The average Bonchev–Trinajstić information content (AvgIpc) is 3.18. The molecule has 0 aromatic heterocycles.